The smallest absolute Gasteiger partial charge is 0.338 e. The van der Waals surface area contributed by atoms with Gasteiger partial charge in [0, 0.05) is 12.6 Å². The van der Waals surface area contributed by atoms with Crippen LogP contribution in [0.25, 0.3) is 5.65 Å². The summed E-state index contributed by atoms with van der Waals surface area (Å²) < 4.78 is 14.0. The molecule has 0 saturated heterocycles. The fourth-order valence-corrected chi connectivity index (χ4v) is 4.09. The van der Waals surface area contributed by atoms with E-state index in [0.29, 0.717) is 34.8 Å². The molecule has 6 heteroatoms. The number of ether oxygens (including phenoxy) is 2. The van der Waals surface area contributed by atoms with Crippen molar-refractivity contribution >= 4 is 17.9 Å². The molecule has 31 heavy (non-hydrogen) atoms. The van der Waals surface area contributed by atoms with Crippen LogP contribution < -0.4 is 4.74 Å². The van der Waals surface area contributed by atoms with Crippen LogP contribution in [0, 0.1) is 6.92 Å². The summed E-state index contributed by atoms with van der Waals surface area (Å²) in [5.74, 6) is 0.145. The van der Waals surface area contributed by atoms with E-state index in [9.17, 15) is 9.59 Å². The number of benzene rings is 2. The molecule has 4 aromatic rings. The van der Waals surface area contributed by atoms with Crippen LogP contribution in [-0.2, 0) is 11.2 Å². The Balaban J connectivity index is 1.50. The lowest BCUT2D eigenvalue weighted by Gasteiger charge is -2.22. The number of nitrogens with zero attached hydrogens (tertiary/aromatic N) is 2. The van der Waals surface area contributed by atoms with Crippen LogP contribution in [-0.4, -0.2) is 27.7 Å². The van der Waals surface area contributed by atoms with Crippen molar-refractivity contribution in [2.45, 2.75) is 25.6 Å². The zero-order chi connectivity index (χ0) is 21.4. The normalized spacial score (nSPS) is 17.3. The first-order valence-corrected chi connectivity index (χ1v) is 10.1. The highest BCUT2D eigenvalue weighted by atomic mass is 16.6. The van der Waals surface area contributed by atoms with Gasteiger partial charge in [0.1, 0.15) is 11.8 Å². The second-order valence-electron chi connectivity index (χ2n) is 7.52. The third kappa shape index (κ3) is 3.36. The number of aromatic nitrogens is 2. The Kier molecular flexibility index (Phi) is 4.75. The first kappa shape index (κ1) is 19.1. The molecule has 2 heterocycles. The Morgan fingerprint density at radius 2 is 1.84 bits per heavy atom. The Morgan fingerprint density at radius 3 is 2.65 bits per heavy atom. The molecule has 0 radical (unpaired) electrons. The van der Waals surface area contributed by atoms with Crippen LogP contribution in [0.5, 0.6) is 5.75 Å². The lowest BCUT2D eigenvalue weighted by molar-refractivity contribution is -0.00285. The fourth-order valence-electron chi connectivity index (χ4n) is 4.09. The molecule has 0 N–H and O–H groups in total. The maximum atomic E-state index is 12.7. The summed E-state index contributed by atoms with van der Waals surface area (Å²) in [7, 11) is 0. The zero-order valence-electron chi connectivity index (χ0n) is 16.9. The van der Waals surface area contributed by atoms with Crippen molar-refractivity contribution in [1.29, 1.82) is 0 Å². The number of carbonyl (C=O) groups excluding carboxylic acids is 2. The van der Waals surface area contributed by atoms with Gasteiger partial charge in [0.05, 0.1) is 11.3 Å². The standard InChI is InChI=1S/C25H20N2O4/c1-16-20(15-28)27-13-7-12-21(24(27)26-16)30-23-19-11-6-5-10-18(19)14-22(23)31-25(29)17-8-3-2-4-9-17/h2-13,15,22-23H,14H2,1H3. The number of esters is 1. The highest BCUT2D eigenvalue weighted by Crippen LogP contribution is 2.38. The van der Waals surface area contributed by atoms with E-state index in [-0.39, 0.29) is 5.97 Å². The predicted octanol–water partition coefficient (Wildman–Crippen LogP) is 4.36. The molecule has 0 bridgehead atoms. The van der Waals surface area contributed by atoms with Gasteiger partial charge in [-0.1, -0.05) is 42.5 Å². The summed E-state index contributed by atoms with van der Waals surface area (Å²) in [6.45, 7) is 1.79. The van der Waals surface area contributed by atoms with Crippen molar-refractivity contribution in [2.75, 3.05) is 0 Å². The third-order valence-electron chi connectivity index (χ3n) is 5.59. The zero-order valence-corrected chi connectivity index (χ0v) is 16.9. The number of pyridine rings is 1. The number of aldehydes is 1. The average molecular weight is 412 g/mol. The number of aryl methyl sites for hydroxylation is 1. The van der Waals surface area contributed by atoms with E-state index in [2.05, 4.69) is 4.98 Å². The summed E-state index contributed by atoms with van der Waals surface area (Å²) in [5.41, 5.74) is 4.23. The van der Waals surface area contributed by atoms with Gasteiger partial charge in [-0.3, -0.25) is 9.20 Å². The highest BCUT2D eigenvalue weighted by Gasteiger charge is 2.37. The van der Waals surface area contributed by atoms with Crippen molar-refractivity contribution < 1.29 is 19.1 Å². The topological polar surface area (TPSA) is 69.9 Å². The monoisotopic (exact) mass is 412 g/mol. The summed E-state index contributed by atoms with van der Waals surface area (Å²) in [6.07, 6.45) is 2.17. The Labute approximate surface area is 179 Å². The second kappa shape index (κ2) is 7.72. The molecule has 0 saturated carbocycles. The van der Waals surface area contributed by atoms with Gasteiger partial charge in [-0.2, -0.15) is 0 Å². The van der Waals surface area contributed by atoms with Gasteiger partial charge in [0.2, 0.25) is 0 Å². The summed E-state index contributed by atoms with van der Waals surface area (Å²) in [4.78, 5) is 28.7. The van der Waals surface area contributed by atoms with E-state index in [1.807, 2.05) is 42.5 Å². The number of imidazole rings is 1. The number of fused-ring (bicyclic) bond motifs is 2. The molecule has 2 unspecified atom stereocenters. The molecule has 1 aliphatic rings. The molecule has 6 nitrogen and oxygen atoms in total. The van der Waals surface area contributed by atoms with E-state index in [1.54, 1.807) is 41.8 Å². The van der Waals surface area contributed by atoms with Crippen LogP contribution in [0.2, 0.25) is 0 Å². The van der Waals surface area contributed by atoms with Gasteiger partial charge >= 0.3 is 5.97 Å². The highest BCUT2D eigenvalue weighted by molar-refractivity contribution is 5.89. The quantitative estimate of drug-likeness (QED) is 0.360. The van der Waals surface area contributed by atoms with Crippen molar-refractivity contribution in [2.24, 2.45) is 0 Å². The summed E-state index contributed by atoms with van der Waals surface area (Å²) in [6, 6.07) is 20.5. The largest absolute Gasteiger partial charge is 0.478 e. The number of hydrogen-bond donors (Lipinski definition) is 0. The molecule has 0 aliphatic heterocycles. The Morgan fingerprint density at radius 1 is 1.06 bits per heavy atom. The van der Waals surface area contributed by atoms with Crippen molar-refractivity contribution in [1.82, 2.24) is 9.38 Å². The summed E-state index contributed by atoms with van der Waals surface area (Å²) in [5, 5.41) is 0. The van der Waals surface area contributed by atoms with Gasteiger partial charge in [-0.05, 0) is 42.3 Å². The lowest BCUT2D eigenvalue weighted by atomic mass is 10.1. The first-order chi connectivity index (χ1) is 15.2. The van der Waals surface area contributed by atoms with Crippen molar-refractivity contribution in [3.63, 3.8) is 0 Å². The molecule has 0 spiro atoms. The van der Waals surface area contributed by atoms with Gasteiger partial charge in [-0.15, -0.1) is 0 Å². The van der Waals surface area contributed by atoms with Crippen LogP contribution in [0.4, 0.5) is 0 Å². The Hall–Kier alpha value is -3.93. The van der Waals surface area contributed by atoms with Gasteiger partial charge in [-0.25, -0.2) is 9.78 Å². The number of carbonyl (C=O) groups is 2. The third-order valence-corrected chi connectivity index (χ3v) is 5.59. The first-order valence-electron chi connectivity index (χ1n) is 10.1. The van der Waals surface area contributed by atoms with Gasteiger partial charge < -0.3 is 9.47 Å². The molecule has 5 rings (SSSR count). The molecule has 2 aromatic heterocycles. The molecule has 2 aromatic carbocycles. The maximum Gasteiger partial charge on any atom is 0.338 e. The Bertz CT molecular complexity index is 1280. The molecular formula is C25H20N2O4. The number of rotatable bonds is 5. The van der Waals surface area contributed by atoms with Crippen molar-refractivity contribution in [3.8, 4) is 5.75 Å². The van der Waals surface area contributed by atoms with Gasteiger partial charge in [0.15, 0.2) is 23.8 Å². The van der Waals surface area contributed by atoms with E-state index >= 15 is 0 Å². The van der Waals surface area contributed by atoms with Crippen LogP contribution in [0.3, 0.4) is 0 Å². The average Bonchev–Trinajstić information content (AvgIpc) is 3.31. The second-order valence-corrected chi connectivity index (χ2v) is 7.52. The molecular weight excluding hydrogens is 392 g/mol. The van der Waals surface area contributed by atoms with E-state index < -0.39 is 12.2 Å². The SMILES string of the molecule is Cc1nc2c(OC3c4ccccc4CC3OC(=O)c3ccccc3)cccn2c1C=O. The van der Waals surface area contributed by atoms with Gasteiger partial charge in [0.25, 0.3) is 0 Å². The molecule has 2 atom stereocenters. The summed E-state index contributed by atoms with van der Waals surface area (Å²) >= 11 is 0. The minimum Gasteiger partial charge on any atom is -0.478 e. The minimum atomic E-state index is -0.480. The van der Waals surface area contributed by atoms with E-state index in [4.69, 9.17) is 9.47 Å². The van der Waals surface area contributed by atoms with Crippen LogP contribution >= 0.6 is 0 Å². The van der Waals surface area contributed by atoms with Crippen LogP contribution in [0.15, 0.2) is 72.9 Å². The van der Waals surface area contributed by atoms with Crippen molar-refractivity contribution in [3.05, 3.63) is 101 Å². The molecule has 1 aliphatic carbocycles. The van der Waals surface area contributed by atoms with E-state index in [0.717, 1.165) is 17.4 Å². The van der Waals surface area contributed by atoms with E-state index in [1.165, 1.54) is 0 Å². The minimum absolute atomic E-state index is 0.384. The number of hydrogen-bond acceptors (Lipinski definition) is 5. The molecule has 0 fully saturated rings. The van der Waals surface area contributed by atoms with Crippen LogP contribution in [0.1, 0.15) is 43.8 Å². The predicted molar refractivity (Wildman–Crippen MR) is 114 cm³/mol. The molecule has 0 amide bonds. The lowest BCUT2D eigenvalue weighted by Crippen LogP contribution is -2.26. The molecule has 154 valence electrons. The maximum absolute atomic E-state index is 12.7. The fraction of sp³-hybridized carbons (Fsp3) is 0.160.